The highest BCUT2D eigenvalue weighted by Gasteiger charge is 2.28. The number of amides is 2. The minimum absolute atomic E-state index is 0.0324. The van der Waals surface area contributed by atoms with Gasteiger partial charge < -0.3 is 10.6 Å². The van der Waals surface area contributed by atoms with E-state index in [1.807, 2.05) is 13.8 Å². The lowest BCUT2D eigenvalue weighted by Crippen LogP contribution is -2.43. The lowest BCUT2D eigenvalue weighted by atomic mass is 9.92. The van der Waals surface area contributed by atoms with Crippen LogP contribution in [0.5, 0.6) is 0 Å². The highest BCUT2D eigenvalue weighted by Crippen LogP contribution is 2.20. The van der Waals surface area contributed by atoms with E-state index in [4.69, 9.17) is 5.73 Å². The molecule has 2 N–H and O–H groups in total. The van der Waals surface area contributed by atoms with Crippen molar-refractivity contribution in [3.05, 3.63) is 0 Å². The molecule has 0 radical (unpaired) electrons. The fourth-order valence-electron chi connectivity index (χ4n) is 2.32. The number of nitrogens with zero attached hydrogens (tertiary/aromatic N) is 1. The van der Waals surface area contributed by atoms with Gasteiger partial charge in [-0.1, -0.05) is 13.8 Å². The summed E-state index contributed by atoms with van der Waals surface area (Å²) >= 11 is 0. The van der Waals surface area contributed by atoms with Crippen LogP contribution in [0.4, 0.5) is 0 Å². The van der Waals surface area contributed by atoms with E-state index in [1.165, 1.54) is 0 Å². The average molecular weight is 254 g/mol. The van der Waals surface area contributed by atoms with Gasteiger partial charge in [0.05, 0.1) is 0 Å². The van der Waals surface area contributed by atoms with Crippen LogP contribution in [0.2, 0.25) is 0 Å². The summed E-state index contributed by atoms with van der Waals surface area (Å²) in [7, 11) is 0. The standard InChI is InChI=1S/C13H22N2O3/c1-9(2)7-10(8-12(14)17)13(18)15-5-3-11(16)4-6-15/h9-10H,3-8H2,1-2H3,(H2,14,17)/t10-/m1/s1. The topological polar surface area (TPSA) is 80.5 Å². The van der Waals surface area contributed by atoms with Gasteiger partial charge in [-0.3, -0.25) is 14.4 Å². The monoisotopic (exact) mass is 254 g/mol. The molecule has 1 aliphatic rings. The van der Waals surface area contributed by atoms with Gasteiger partial charge in [0.15, 0.2) is 0 Å². The van der Waals surface area contributed by atoms with Gasteiger partial charge in [0.25, 0.3) is 0 Å². The fourth-order valence-corrected chi connectivity index (χ4v) is 2.32. The lowest BCUT2D eigenvalue weighted by molar-refractivity contribution is -0.140. The molecule has 1 heterocycles. The Morgan fingerprint density at radius 2 is 1.83 bits per heavy atom. The van der Waals surface area contributed by atoms with Crippen LogP contribution >= 0.6 is 0 Å². The smallest absolute Gasteiger partial charge is 0.226 e. The quantitative estimate of drug-likeness (QED) is 0.784. The Morgan fingerprint density at radius 1 is 1.28 bits per heavy atom. The third kappa shape index (κ3) is 4.47. The number of carbonyl (C=O) groups excluding carboxylic acids is 3. The summed E-state index contributed by atoms with van der Waals surface area (Å²) < 4.78 is 0. The van der Waals surface area contributed by atoms with Gasteiger partial charge in [-0.05, 0) is 12.3 Å². The van der Waals surface area contributed by atoms with E-state index in [-0.39, 0.29) is 24.0 Å². The van der Waals surface area contributed by atoms with E-state index in [2.05, 4.69) is 0 Å². The molecule has 1 fully saturated rings. The van der Waals surface area contributed by atoms with Crippen LogP contribution in [-0.2, 0) is 14.4 Å². The van der Waals surface area contributed by atoms with Gasteiger partial charge in [0.1, 0.15) is 5.78 Å². The Kier molecular flexibility index (Phi) is 5.31. The molecule has 1 saturated heterocycles. The van der Waals surface area contributed by atoms with Crippen LogP contribution in [0.15, 0.2) is 0 Å². The summed E-state index contributed by atoms with van der Waals surface area (Å²) in [6.45, 7) is 4.98. The molecule has 102 valence electrons. The van der Waals surface area contributed by atoms with E-state index in [9.17, 15) is 14.4 Å². The summed E-state index contributed by atoms with van der Waals surface area (Å²) in [5.41, 5.74) is 5.19. The molecule has 0 aromatic heterocycles. The van der Waals surface area contributed by atoms with E-state index >= 15 is 0 Å². The summed E-state index contributed by atoms with van der Waals surface area (Å²) in [4.78, 5) is 36.1. The number of hydrogen-bond acceptors (Lipinski definition) is 3. The first-order valence-electron chi connectivity index (χ1n) is 6.49. The first kappa shape index (κ1) is 14.7. The lowest BCUT2D eigenvalue weighted by Gasteiger charge is -2.30. The van der Waals surface area contributed by atoms with E-state index in [0.717, 1.165) is 0 Å². The normalized spacial score (nSPS) is 17.9. The minimum atomic E-state index is -0.443. The second-order valence-electron chi connectivity index (χ2n) is 5.36. The predicted molar refractivity (Wildman–Crippen MR) is 67.6 cm³/mol. The maximum absolute atomic E-state index is 12.3. The first-order chi connectivity index (χ1) is 8.40. The molecule has 0 spiro atoms. The number of carbonyl (C=O) groups is 3. The largest absolute Gasteiger partial charge is 0.370 e. The third-order valence-electron chi connectivity index (χ3n) is 3.19. The SMILES string of the molecule is CC(C)C[C@H](CC(N)=O)C(=O)N1CCC(=O)CC1. The van der Waals surface area contributed by atoms with Crippen molar-refractivity contribution in [1.82, 2.24) is 4.90 Å². The minimum Gasteiger partial charge on any atom is -0.370 e. The molecule has 1 atom stereocenters. The number of hydrogen-bond donors (Lipinski definition) is 1. The van der Waals surface area contributed by atoms with E-state index in [1.54, 1.807) is 4.90 Å². The molecule has 0 aromatic rings. The van der Waals surface area contributed by atoms with Crippen LogP contribution in [0, 0.1) is 11.8 Å². The molecule has 0 bridgehead atoms. The second kappa shape index (κ2) is 6.52. The molecule has 0 unspecified atom stereocenters. The van der Waals surface area contributed by atoms with Crippen LogP contribution in [-0.4, -0.2) is 35.6 Å². The van der Waals surface area contributed by atoms with Gasteiger partial charge >= 0.3 is 0 Å². The van der Waals surface area contributed by atoms with E-state index in [0.29, 0.717) is 38.3 Å². The summed E-state index contributed by atoms with van der Waals surface area (Å²) in [5, 5.41) is 0. The van der Waals surface area contributed by atoms with Gasteiger partial charge in [-0.25, -0.2) is 0 Å². The zero-order valence-corrected chi connectivity index (χ0v) is 11.1. The number of rotatable bonds is 5. The van der Waals surface area contributed by atoms with Crippen molar-refractivity contribution in [2.75, 3.05) is 13.1 Å². The Hall–Kier alpha value is -1.39. The molecule has 0 aromatic carbocycles. The summed E-state index contributed by atoms with van der Waals surface area (Å²) in [6.07, 6.45) is 1.61. The Morgan fingerprint density at radius 3 is 2.28 bits per heavy atom. The van der Waals surface area contributed by atoms with Crippen molar-refractivity contribution < 1.29 is 14.4 Å². The zero-order chi connectivity index (χ0) is 13.7. The van der Waals surface area contributed by atoms with Crippen molar-refractivity contribution >= 4 is 17.6 Å². The Labute approximate surface area is 108 Å². The van der Waals surface area contributed by atoms with E-state index < -0.39 is 5.91 Å². The molecule has 0 aliphatic carbocycles. The molecule has 18 heavy (non-hydrogen) atoms. The highest BCUT2D eigenvalue weighted by atomic mass is 16.2. The number of piperidine rings is 1. The first-order valence-corrected chi connectivity index (χ1v) is 6.49. The van der Waals surface area contributed by atoms with Crippen LogP contribution in [0.3, 0.4) is 0 Å². The molecule has 2 amide bonds. The molecule has 5 nitrogen and oxygen atoms in total. The maximum atomic E-state index is 12.3. The number of primary amides is 1. The van der Waals surface area contributed by atoms with Gasteiger partial charge in [0.2, 0.25) is 11.8 Å². The molecule has 1 rings (SSSR count). The van der Waals surface area contributed by atoms with Crippen LogP contribution in [0.1, 0.15) is 39.5 Å². The zero-order valence-electron chi connectivity index (χ0n) is 11.1. The van der Waals surface area contributed by atoms with Gasteiger partial charge in [-0.15, -0.1) is 0 Å². The molecule has 1 aliphatic heterocycles. The van der Waals surface area contributed by atoms with Crippen molar-refractivity contribution in [1.29, 1.82) is 0 Å². The maximum Gasteiger partial charge on any atom is 0.226 e. The average Bonchev–Trinajstić information content (AvgIpc) is 2.27. The number of likely N-dealkylation sites (tertiary alicyclic amines) is 1. The van der Waals surface area contributed by atoms with Gasteiger partial charge in [-0.2, -0.15) is 0 Å². The van der Waals surface area contributed by atoms with Crippen LogP contribution in [0.25, 0.3) is 0 Å². The number of ketones is 1. The molecule has 5 heteroatoms. The molecule has 0 saturated carbocycles. The Balaban J connectivity index is 2.62. The van der Waals surface area contributed by atoms with Crippen LogP contribution < -0.4 is 5.73 Å². The van der Waals surface area contributed by atoms with Crippen molar-refractivity contribution in [2.24, 2.45) is 17.6 Å². The van der Waals surface area contributed by atoms with Gasteiger partial charge in [0, 0.05) is 38.3 Å². The molecular weight excluding hydrogens is 232 g/mol. The highest BCUT2D eigenvalue weighted by molar-refractivity contribution is 5.87. The second-order valence-corrected chi connectivity index (χ2v) is 5.36. The Bertz CT molecular complexity index is 329. The predicted octanol–water partition coefficient (Wildman–Crippen LogP) is 0.716. The van der Waals surface area contributed by atoms with Crippen molar-refractivity contribution in [3.8, 4) is 0 Å². The fraction of sp³-hybridized carbons (Fsp3) is 0.769. The third-order valence-corrected chi connectivity index (χ3v) is 3.19. The number of nitrogens with two attached hydrogens (primary N) is 1. The summed E-state index contributed by atoms with van der Waals surface area (Å²) in [6, 6.07) is 0. The molecular formula is C13H22N2O3. The summed E-state index contributed by atoms with van der Waals surface area (Å²) in [5.74, 6) is -0.271. The van der Waals surface area contributed by atoms with Crippen molar-refractivity contribution in [2.45, 2.75) is 39.5 Å². The number of Topliss-reactive ketones (excluding diaryl/α,β-unsaturated/α-hetero) is 1. The van der Waals surface area contributed by atoms with Crippen molar-refractivity contribution in [3.63, 3.8) is 0 Å².